The van der Waals surface area contributed by atoms with Gasteiger partial charge in [-0.15, -0.1) is 5.10 Å². The van der Waals surface area contributed by atoms with Gasteiger partial charge in [-0.25, -0.2) is 4.68 Å². The molecular formula is C23H27N5O. The first-order chi connectivity index (χ1) is 14.0. The summed E-state index contributed by atoms with van der Waals surface area (Å²) in [5.74, 6) is 0.286. The largest absolute Gasteiger partial charge is 0.337 e. The minimum Gasteiger partial charge on any atom is -0.337 e. The number of piperidine rings is 1. The first-order valence-electron chi connectivity index (χ1n) is 10.2. The number of rotatable bonds is 4. The highest BCUT2D eigenvalue weighted by atomic mass is 16.2. The summed E-state index contributed by atoms with van der Waals surface area (Å²) in [6.07, 6.45) is 2.05. The molecule has 1 amide bonds. The fraction of sp³-hybridized carbons (Fsp3) is 0.348. The Morgan fingerprint density at radius 1 is 1.10 bits per heavy atom. The second kappa shape index (κ2) is 8.17. The van der Waals surface area contributed by atoms with Crippen molar-refractivity contribution in [2.75, 3.05) is 13.1 Å². The van der Waals surface area contributed by atoms with Gasteiger partial charge < -0.3 is 10.6 Å². The Morgan fingerprint density at radius 2 is 1.79 bits per heavy atom. The van der Waals surface area contributed by atoms with Crippen molar-refractivity contribution in [2.45, 2.75) is 32.7 Å². The van der Waals surface area contributed by atoms with Gasteiger partial charge in [-0.3, -0.25) is 4.79 Å². The molecule has 6 heteroatoms. The Labute approximate surface area is 171 Å². The van der Waals surface area contributed by atoms with E-state index in [0.29, 0.717) is 18.2 Å². The van der Waals surface area contributed by atoms with Crippen LogP contribution in [0, 0.1) is 12.8 Å². The zero-order chi connectivity index (χ0) is 20.4. The predicted octanol–water partition coefficient (Wildman–Crippen LogP) is 3.44. The summed E-state index contributed by atoms with van der Waals surface area (Å²) in [5.41, 5.74) is 10.4. The monoisotopic (exact) mass is 389 g/mol. The molecule has 2 atom stereocenters. The summed E-state index contributed by atoms with van der Waals surface area (Å²) in [6, 6.07) is 18.5. The van der Waals surface area contributed by atoms with E-state index in [1.165, 1.54) is 5.56 Å². The molecule has 6 nitrogen and oxygen atoms in total. The maximum atomic E-state index is 13.0. The molecule has 1 aliphatic rings. The highest BCUT2D eigenvalue weighted by Gasteiger charge is 2.29. The summed E-state index contributed by atoms with van der Waals surface area (Å²) in [7, 11) is 0. The summed E-state index contributed by atoms with van der Waals surface area (Å²) in [4.78, 5) is 14.9. The van der Waals surface area contributed by atoms with Gasteiger partial charge in [-0.2, -0.15) is 0 Å². The smallest absolute Gasteiger partial charge is 0.276 e. The van der Waals surface area contributed by atoms with Crippen LogP contribution in [0.4, 0.5) is 0 Å². The van der Waals surface area contributed by atoms with Crippen molar-refractivity contribution in [1.29, 1.82) is 0 Å². The third-order valence-corrected chi connectivity index (χ3v) is 5.80. The van der Waals surface area contributed by atoms with Crippen molar-refractivity contribution in [3.8, 4) is 16.8 Å². The van der Waals surface area contributed by atoms with Crippen LogP contribution in [0.1, 0.15) is 35.9 Å². The zero-order valence-electron chi connectivity index (χ0n) is 17.0. The zero-order valence-corrected chi connectivity index (χ0v) is 17.0. The number of carbonyl (C=O) groups excluding carboxylic acids is 1. The second-order valence-corrected chi connectivity index (χ2v) is 7.86. The predicted molar refractivity (Wildman–Crippen MR) is 114 cm³/mol. The molecule has 150 valence electrons. The third kappa shape index (κ3) is 3.93. The first kappa shape index (κ1) is 19.3. The molecule has 3 aromatic rings. The van der Waals surface area contributed by atoms with Crippen LogP contribution in [0.15, 0.2) is 54.6 Å². The summed E-state index contributed by atoms with van der Waals surface area (Å²) < 4.78 is 1.73. The minimum absolute atomic E-state index is 0.0556. The number of hydrogen-bond donors (Lipinski definition) is 1. The fourth-order valence-electron chi connectivity index (χ4n) is 3.97. The molecule has 1 saturated heterocycles. The van der Waals surface area contributed by atoms with Gasteiger partial charge in [0.15, 0.2) is 5.69 Å². The topological polar surface area (TPSA) is 77.0 Å². The minimum atomic E-state index is -0.0556. The molecule has 2 aromatic carbocycles. The molecular weight excluding hydrogens is 362 g/mol. The second-order valence-electron chi connectivity index (χ2n) is 7.86. The normalized spacial score (nSPS) is 17.9. The molecule has 29 heavy (non-hydrogen) atoms. The average molecular weight is 390 g/mol. The third-order valence-electron chi connectivity index (χ3n) is 5.80. The Kier molecular flexibility index (Phi) is 5.45. The van der Waals surface area contributed by atoms with Crippen molar-refractivity contribution >= 4 is 5.91 Å². The molecule has 1 aromatic heterocycles. The number of hydrogen-bond acceptors (Lipinski definition) is 4. The lowest BCUT2D eigenvalue weighted by atomic mass is 9.92. The number of carbonyl (C=O) groups is 1. The Bertz CT molecular complexity index is 978. The molecule has 0 aliphatic carbocycles. The van der Waals surface area contributed by atoms with E-state index in [1.807, 2.05) is 49.1 Å². The van der Waals surface area contributed by atoms with E-state index in [4.69, 9.17) is 5.73 Å². The maximum Gasteiger partial charge on any atom is 0.276 e. The van der Waals surface area contributed by atoms with E-state index < -0.39 is 0 Å². The van der Waals surface area contributed by atoms with Gasteiger partial charge in [0.1, 0.15) is 0 Å². The Balaban J connectivity index is 1.55. The highest BCUT2D eigenvalue weighted by molar-refractivity contribution is 5.93. The molecule has 0 bridgehead atoms. The van der Waals surface area contributed by atoms with Crippen LogP contribution < -0.4 is 5.73 Å². The average Bonchev–Trinajstić information content (AvgIpc) is 3.15. The molecule has 4 rings (SSSR count). The highest BCUT2D eigenvalue weighted by Crippen LogP contribution is 2.23. The summed E-state index contributed by atoms with van der Waals surface area (Å²) >= 11 is 0. The fourth-order valence-corrected chi connectivity index (χ4v) is 3.97. The van der Waals surface area contributed by atoms with Crippen LogP contribution in [0.3, 0.4) is 0 Å². The molecule has 0 radical (unpaired) electrons. The number of nitrogens with zero attached hydrogens (tertiary/aromatic N) is 4. The van der Waals surface area contributed by atoms with E-state index in [1.54, 1.807) is 4.68 Å². The van der Waals surface area contributed by atoms with Crippen molar-refractivity contribution < 1.29 is 4.79 Å². The Hall–Kier alpha value is -2.99. The Morgan fingerprint density at radius 3 is 2.48 bits per heavy atom. The molecule has 2 N–H and O–H groups in total. The molecule has 1 fully saturated rings. The van der Waals surface area contributed by atoms with Gasteiger partial charge in [0.2, 0.25) is 0 Å². The first-order valence-corrected chi connectivity index (χ1v) is 10.2. The summed E-state index contributed by atoms with van der Waals surface area (Å²) in [6.45, 7) is 5.35. The molecule has 0 unspecified atom stereocenters. The quantitative estimate of drug-likeness (QED) is 0.741. The van der Waals surface area contributed by atoms with Crippen molar-refractivity contribution in [3.05, 3.63) is 66.0 Å². The SMILES string of the molecule is Cc1c(C(=O)N2CCC[C@@H]([C@@H](C)N)C2)nnn1-c1ccc(-c2ccccc2)cc1. The number of amides is 1. The van der Waals surface area contributed by atoms with Crippen molar-refractivity contribution in [1.82, 2.24) is 19.9 Å². The van der Waals surface area contributed by atoms with Gasteiger partial charge in [0, 0.05) is 19.1 Å². The van der Waals surface area contributed by atoms with E-state index in [-0.39, 0.29) is 11.9 Å². The number of nitrogens with two attached hydrogens (primary N) is 1. The van der Waals surface area contributed by atoms with Crippen molar-refractivity contribution in [3.63, 3.8) is 0 Å². The van der Waals surface area contributed by atoms with E-state index in [0.717, 1.165) is 36.3 Å². The van der Waals surface area contributed by atoms with Crippen molar-refractivity contribution in [2.24, 2.45) is 11.7 Å². The van der Waals surface area contributed by atoms with Gasteiger partial charge in [-0.1, -0.05) is 47.7 Å². The van der Waals surface area contributed by atoms with Crippen LogP contribution in [-0.2, 0) is 0 Å². The van der Waals surface area contributed by atoms with E-state index in [9.17, 15) is 4.79 Å². The van der Waals surface area contributed by atoms with Crippen LogP contribution >= 0.6 is 0 Å². The lowest BCUT2D eigenvalue weighted by Gasteiger charge is -2.34. The maximum absolute atomic E-state index is 13.0. The van der Waals surface area contributed by atoms with Gasteiger partial charge in [0.25, 0.3) is 5.91 Å². The molecule has 0 spiro atoms. The number of aromatic nitrogens is 3. The molecule has 1 aliphatic heterocycles. The van der Waals surface area contributed by atoms with E-state index in [2.05, 4.69) is 34.6 Å². The van der Waals surface area contributed by atoms with Crippen LogP contribution in [0.5, 0.6) is 0 Å². The summed E-state index contributed by atoms with van der Waals surface area (Å²) in [5, 5.41) is 8.46. The standard InChI is InChI=1S/C23H27N5O/c1-16(24)20-9-6-14-27(15-20)23(29)22-17(2)28(26-25-22)21-12-10-19(11-13-21)18-7-4-3-5-8-18/h3-5,7-8,10-13,16,20H,6,9,14-15,24H2,1-2H3/t16-,20-/m1/s1. The van der Waals surface area contributed by atoms with Crippen LogP contribution in [0.2, 0.25) is 0 Å². The molecule has 2 heterocycles. The van der Waals surface area contributed by atoms with Gasteiger partial charge in [-0.05, 0) is 55.9 Å². The number of likely N-dealkylation sites (tertiary alicyclic amines) is 1. The lowest BCUT2D eigenvalue weighted by molar-refractivity contribution is 0.0654. The van der Waals surface area contributed by atoms with Gasteiger partial charge in [0.05, 0.1) is 11.4 Å². The molecule has 0 saturated carbocycles. The van der Waals surface area contributed by atoms with Crippen LogP contribution in [-0.4, -0.2) is 44.9 Å². The number of benzene rings is 2. The van der Waals surface area contributed by atoms with Gasteiger partial charge >= 0.3 is 0 Å². The lowest BCUT2D eigenvalue weighted by Crippen LogP contribution is -2.45. The van der Waals surface area contributed by atoms with E-state index >= 15 is 0 Å². The van der Waals surface area contributed by atoms with Crippen LogP contribution in [0.25, 0.3) is 16.8 Å².